The number of phenolic OH excluding ortho intramolecular Hbond substituents is 1. The SMILES string of the molecule is CC(C)C[C@H](NC(=O)C(Cc1ccc(O)cc1)NC(=O)OCc1ccccc1)C(=O)N[C@H](B(O)O)C(C)C. The number of carbonyl (C=O) groups excluding carboxylic acids is 3. The summed E-state index contributed by atoms with van der Waals surface area (Å²) in [4.78, 5) is 39.0. The third-order valence-electron chi connectivity index (χ3n) is 5.89. The quantitative estimate of drug-likeness (QED) is 0.217. The van der Waals surface area contributed by atoms with Crippen LogP contribution >= 0.6 is 0 Å². The summed E-state index contributed by atoms with van der Waals surface area (Å²) in [6.07, 6.45) is -0.443. The lowest BCUT2D eigenvalue weighted by Gasteiger charge is -2.27. The van der Waals surface area contributed by atoms with E-state index in [0.29, 0.717) is 5.56 Å². The second kappa shape index (κ2) is 15.0. The highest BCUT2D eigenvalue weighted by Crippen LogP contribution is 2.13. The maximum atomic E-state index is 13.4. The molecule has 2 rings (SSSR count). The van der Waals surface area contributed by atoms with Crippen molar-refractivity contribution in [2.24, 2.45) is 11.8 Å². The molecule has 0 aliphatic heterocycles. The van der Waals surface area contributed by atoms with Crippen LogP contribution in [0.4, 0.5) is 4.79 Å². The van der Waals surface area contributed by atoms with Crippen molar-refractivity contribution < 1.29 is 34.3 Å². The van der Waals surface area contributed by atoms with Crippen LogP contribution in [-0.2, 0) is 27.4 Å². The summed E-state index contributed by atoms with van der Waals surface area (Å²) in [5, 5.41) is 36.8. The number of benzene rings is 2. The van der Waals surface area contributed by atoms with Crippen LogP contribution < -0.4 is 16.0 Å². The Morgan fingerprint density at radius 1 is 0.816 bits per heavy atom. The van der Waals surface area contributed by atoms with E-state index in [4.69, 9.17) is 4.74 Å². The fraction of sp³-hybridized carbons (Fsp3) is 0.444. The van der Waals surface area contributed by atoms with Gasteiger partial charge >= 0.3 is 13.2 Å². The van der Waals surface area contributed by atoms with Gasteiger partial charge in [-0.3, -0.25) is 9.59 Å². The fourth-order valence-electron chi connectivity index (χ4n) is 3.81. The Kier molecular flexibility index (Phi) is 12.1. The summed E-state index contributed by atoms with van der Waals surface area (Å²) in [5.74, 6) is -2.27. The molecular formula is C27H38BN3O7. The lowest BCUT2D eigenvalue weighted by molar-refractivity contribution is -0.130. The Balaban J connectivity index is 2.18. The number of hydrogen-bond donors (Lipinski definition) is 6. The van der Waals surface area contributed by atoms with Crippen LogP contribution in [-0.4, -0.2) is 58.2 Å². The number of aromatic hydroxyl groups is 1. The summed E-state index contributed by atoms with van der Waals surface area (Å²) in [5.41, 5.74) is 1.45. The molecular weight excluding hydrogens is 489 g/mol. The smallest absolute Gasteiger partial charge is 0.475 e. The van der Waals surface area contributed by atoms with Crippen molar-refractivity contribution in [3.05, 3.63) is 65.7 Å². The van der Waals surface area contributed by atoms with Gasteiger partial charge in [-0.25, -0.2) is 4.79 Å². The predicted octanol–water partition coefficient (Wildman–Crippen LogP) is 1.91. The van der Waals surface area contributed by atoms with Crippen LogP contribution in [0.2, 0.25) is 0 Å². The van der Waals surface area contributed by atoms with Gasteiger partial charge in [0.1, 0.15) is 24.4 Å². The largest absolute Gasteiger partial charge is 0.508 e. The molecule has 0 bridgehead atoms. The molecule has 3 atom stereocenters. The maximum Gasteiger partial charge on any atom is 0.475 e. The highest BCUT2D eigenvalue weighted by atomic mass is 16.5. The van der Waals surface area contributed by atoms with Crippen molar-refractivity contribution >= 4 is 25.0 Å². The average Bonchev–Trinajstić information content (AvgIpc) is 2.86. The molecule has 0 aliphatic rings. The summed E-state index contributed by atoms with van der Waals surface area (Å²) in [7, 11) is -1.77. The summed E-state index contributed by atoms with van der Waals surface area (Å²) < 4.78 is 5.28. The monoisotopic (exact) mass is 527 g/mol. The number of alkyl carbamates (subject to hydrolysis) is 1. The van der Waals surface area contributed by atoms with Gasteiger partial charge in [-0.05, 0) is 41.5 Å². The third kappa shape index (κ3) is 10.4. The zero-order valence-electron chi connectivity index (χ0n) is 22.3. The lowest BCUT2D eigenvalue weighted by atomic mass is 9.73. The zero-order valence-corrected chi connectivity index (χ0v) is 22.3. The Morgan fingerprint density at radius 2 is 1.42 bits per heavy atom. The minimum Gasteiger partial charge on any atom is -0.508 e. The molecule has 0 saturated heterocycles. The van der Waals surface area contributed by atoms with Gasteiger partial charge in [0.15, 0.2) is 0 Å². The molecule has 38 heavy (non-hydrogen) atoms. The Bertz CT molecular complexity index is 1020. The molecule has 0 aromatic heterocycles. The second-order valence-electron chi connectivity index (χ2n) is 10.0. The molecule has 2 aromatic rings. The van der Waals surface area contributed by atoms with Gasteiger partial charge in [0.25, 0.3) is 0 Å². The summed E-state index contributed by atoms with van der Waals surface area (Å²) in [6.45, 7) is 7.26. The number of nitrogens with one attached hydrogen (secondary N) is 3. The first-order chi connectivity index (χ1) is 18.0. The Labute approximate surface area is 223 Å². The van der Waals surface area contributed by atoms with E-state index in [9.17, 15) is 29.5 Å². The molecule has 1 unspecified atom stereocenters. The zero-order chi connectivity index (χ0) is 28.2. The maximum absolute atomic E-state index is 13.4. The predicted molar refractivity (Wildman–Crippen MR) is 144 cm³/mol. The number of amides is 3. The van der Waals surface area contributed by atoms with E-state index in [2.05, 4.69) is 16.0 Å². The number of carbonyl (C=O) groups is 3. The molecule has 0 spiro atoms. The molecule has 3 amide bonds. The summed E-state index contributed by atoms with van der Waals surface area (Å²) >= 11 is 0. The van der Waals surface area contributed by atoms with E-state index in [-0.39, 0.29) is 37.0 Å². The highest BCUT2D eigenvalue weighted by Gasteiger charge is 2.33. The molecule has 0 saturated carbocycles. The first-order valence-electron chi connectivity index (χ1n) is 12.7. The minimum atomic E-state index is -1.77. The molecule has 11 heteroatoms. The molecule has 0 fully saturated rings. The molecule has 2 aromatic carbocycles. The molecule has 0 aliphatic carbocycles. The van der Waals surface area contributed by atoms with Crippen LogP contribution in [0.15, 0.2) is 54.6 Å². The standard InChI is InChI=1S/C27H38BN3O7/c1-17(2)14-22(26(34)31-24(18(3)4)28(36)37)29-25(33)23(15-19-10-12-21(32)13-11-19)30-27(35)38-16-20-8-6-5-7-9-20/h5-13,17-18,22-24,32,36-37H,14-16H2,1-4H3,(H,29,33)(H,30,35)(H,31,34)/t22-,23?,24-/m0/s1. The van der Waals surface area contributed by atoms with Crippen LogP contribution in [0.25, 0.3) is 0 Å². The molecule has 0 heterocycles. The van der Waals surface area contributed by atoms with Crippen LogP contribution in [0.5, 0.6) is 5.75 Å². The summed E-state index contributed by atoms with van der Waals surface area (Å²) in [6, 6.07) is 13.2. The van der Waals surface area contributed by atoms with Crippen molar-refractivity contribution in [1.82, 2.24) is 16.0 Å². The van der Waals surface area contributed by atoms with Crippen molar-refractivity contribution in [2.45, 2.75) is 65.2 Å². The first kappa shape index (κ1) is 30.7. The first-order valence-corrected chi connectivity index (χ1v) is 12.7. The van der Waals surface area contributed by atoms with Gasteiger partial charge in [0, 0.05) is 6.42 Å². The number of hydrogen-bond acceptors (Lipinski definition) is 7. The highest BCUT2D eigenvalue weighted by molar-refractivity contribution is 6.43. The van der Waals surface area contributed by atoms with Crippen molar-refractivity contribution in [3.63, 3.8) is 0 Å². The van der Waals surface area contributed by atoms with Gasteiger partial charge in [0.2, 0.25) is 11.8 Å². The van der Waals surface area contributed by atoms with Gasteiger partial charge in [-0.2, -0.15) is 0 Å². The van der Waals surface area contributed by atoms with Gasteiger partial charge in [-0.15, -0.1) is 0 Å². The number of ether oxygens (including phenoxy) is 1. The van der Waals surface area contributed by atoms with Gasteiger partial charge in [0.05, 0.1) is 5.94 Å². The van der Waals surface area contributed by atoms with Crippen molar-refractivity contribution in [2.75, 3.05) is 0 Å². The van der Waals surface area contributed by atoms with Crippen molar-refractivity contribution in [3.8, 4) is 5.75 Å². The number of rotatable bonds is 13. The van der Waals surface area contributed by atoms with E-state index < -0.39 is 43.1 Å². The lowest BCUT2D eigenvalue weighted by Crippen LogP contribution is -2.58. The van der Waals surface area contributed by atoms with E-state index >= 15 is 0 Å². The normalized spacial score (nSPS) is 13.4. The van der Waals surface area contributed by atoms with Crippen LogP contribution in [0.1, 0.15) is 45.2 Å². The number of phenols is 1. The Hall–Kier alpha value is -3.57. The van der Waals surface area contributed by atoms with Gasteiger partial charge < -0.3 is 35.8 Å². The van der Waals surface area contributed by atoms with Crippen LogP contribution in [0.3, 0.4) is 0 Å². The molecule has 0 radical (unpaired) electrons. The van der Waals surface area contributed by atoms with E-state index in [0.717, 1.165) is 5.56 Å². The Morgan fingerprint density at radius 3 is 1.97 bits per heavy atom. The van der Waals surface area contributed by atoms with Gasteiger partial charge in [-0.1, -0.05) is 70.2 Å². The average molecular weight is 527 g/mol. The molecule has 10 nitrogen and oxygen atoms in total. The molecule has 206 valence electrons. The topological polar surface area (TPSA) is 157 Å². The molecule has 6 N–H and O–H groups in total. The van der Waals surface area contributed by atoms with Crippen molar-refractivity contribution in [1.29, 1.82) is 0 Å². The van der Waals surface area contributed by atoms with E-state index in [1.807, 2.05) is 32.0 Å². The second-order valence-corrected chi connectivity index (χ2v) is 10.0. The minimum absolute atomic E-state index is 0.0126. The van der Waals surface area contributed by atoms with E-state index in [1.54, 1.807) is 38.1 Å². The van der Waals surface area contributed by atoms with E-state index in [1.165, 1.54) is 12.1 Å². The van der Waals surface area contributed by atoms with Crippen LogP contribution in [0, 0.1) is 11.8 Å². The fourth-order valence-corrected chi connectivity index (χ4v) is 3.81. The third-order valence-corrected chi connectivity index (χ3v) is 5.89.